The third-order valence-electron chi connectivity index (χ3n) is 6.31. The zero-order valence-electron chi connectivity index (χ0n) is 21.3. The molecule has 0 saturated heterocycles. The lowest BCUT2D eigenvalue weighted by atomic mass is 10.2. The highest BCUT2D eigenvalue weighted by Gasteiger charge is 2.34. The van der Waals surface area contributed by atoms with Crippen LogP contribution < -0.4 is 5.69 Å². The molecule has 208 valence electrons. The van der Waals surface area contributed by atoms with Gasteiger partial charge in [0.15, 0.2) is 21.5 Å². The van der Waals surface area contributed by atoms with E-state index in [9.17, 15) is 26.4 Å². The van der Waals surface area contributed by atoms with E-state index in [4.69, 9.17) is 11.6 Å². The van der Waals surface area contributed by atoms with Crippen LogP contribution in [-0.4, -0.2) is 48.0 Å². The first-order chi connectivity index (χ1) is 18.9. The lowest BCUT2D eigenvalue weighted by molar-refractivity contribution is -0.141. The number of nitrogens with zero attached hydrogens (tertiary/aromatic N) is 7. The Labute approximate surface area is 230 Å². The summed E-state index contributed by atoms with van der Waals surface area (Å²) in [6, 6.07) is 9.89. The van der Waals surface area contributed by atoms with Gasteiger partial charge in [0, 0.05) is 12.1 Å². The molecule has 5 aromatic rings. The summed E-state index contributed by atoms with van der Waals surface area (Å²) in [6.45, 7) is 3.11. The van der Waals surface area contributed by atoms with Gasteiger partial charge in [0.1, 0.15) is 17.7 Å². The standard InChI is InChI=1S/C25H21ClF3N7O3S/c1-4-16-22-17(12-19(31-16)25(27,28)29)32-23(34(22)3)21-18(40(38,39)5-2)10-11-20(33-21)36-24(37)35(13-30-36)15-8-6-14(26)7-9-15/h6-13H,4-5H2,1-3H3. The van der Waals surface area contributed by atoms with Crippen molar-refractivity contribution in [3.63, 3.8) is 0 Å². The van der Waals surface area contributed by atoms with Crippen molar-refractivity contribution in [1.82, 2.24) is 33.9 Å². The molecule has 40 heavy (non-hydrogen) atoms. The molecule has 0 saturated carbocycles. The molecule has 4 aromatic heterocycles. The number of alkyl halides is 3. The first-order valence-corrected chi connectivity index (χ1v) is 14.0. The molecular formula is C25H21ClF3N7O3S. The Kier molecular flexibility index (Phi) is 6.78. The van der Waals surface area contributed by atoms with Crippen LogP contribution in [0.3, 0.4) is 0 Å². The van der Waals surface area contributed by atoms with Gasteiger partial charge < -0.3 is 4.57 Å². The van der Waals surface area contributed by atoms with Gasteiger partial charge >= 0.3 is 11.9 Å². The van der Waals surface area contributed by atoms with Crippen molar-refractivity contribution in [2.24, 2.45) is 7.05 Å². The minimum atomic E-state index is -4.70. The van der Waals surface area contributed by atoms with Crippen LogP contribution in [0.5, 0.6) is 0 Å². The number of rotatable bonds is 6. The van der Waals surface area contributed by atoms with Crippen LogP contribution in [0.15, 0.2) is 58.5 Å². The first-order valence-electron chi connectivity index (χ1n) is 12.0. The monoisotopic (exact) mass is 591 g/mol. The number of benzene rings is 1. The molecule has 5 rings (SSSR count). The Morgan fingerprint density at radius 3 is 2.33 bits per heavy atom. The number of hydrogen-bond acceptors (Lipinski definition) is 7. The molecule has 0 atom stereocenters. The van der Waals surface area contributed by atoms with Gasteiger partial charge in [-0.05, 0) is 48.9 Å². The average molecular weight is 592 g/mol. The van der Waals surface area contributed by atoms with Crippen LogP contribution in [0, 0.1) is 0 Å². The van der Waals surface area contributed by atoms with Gasteiger partial charge in [-0.1, -0.05) is 25.4 Å². The Balaban J connectivity index is 1.75. The summed E-state index contributed by atoms with van der Waals surface area (Å²) in [5, 5.41) is 4.60. The zero-order valence-corrected chi connectivity index (χ0v) is 22.9. The fourth-order valence-electron chi connectivity index (χ4n) is 4.29. The SMILES string of the molecule is CCc1nc(C(F)(F)F)cc2nc(-c3nc(-n4ncn(-c5ccc(Cl)cc5)c4=O)ccc3S(=O)(=O)CC)n(C)c12. The molecule has 0 bridgehead atoms. The Bertz CT molecular complexity index is 1930. The molecule has 0 spiro atoms. The number of aromatic nitrogens is 7. The van der Waals surface area contributed by atoms with E-state index in [0.29, 0.717) is 16.2 Å². The molecule has 0 aliphatic carbocycles. The van der Waals surface area contributed by atoms with Crippen LogP contribution in [0.1, 0.15) is 25.2 Å². The summed E-state index contributed by atoms with van der Waals surface area (Å²) in [4.78, 5) is 25.6. The van der Waals surface area contributed by atoms with E-state index < -0.39 is 27.4 Å². The van der Waals surface area contributed by atoms with E-state index in [2.05, 4.69) is 20.1 Å². The fourth-order valence-corrected chi connectivity index (χ4v) is 5.43. The number of aryl methyl sites for hydroxylation is 2. The summed E-state index contributed by atoms with van der Waals surface area (Å²) in [5.41, 5.74) is -0.925. The van der Waals surface area contributed by atoms with Crippen molar-refractivity contribution in [3.8, 4) is 23.0 Å². The molecule has 4 heterocycles. The molecule has 0 fully saturated rings. The quantitative estimate of drug-likeness (QED) is 0.287. The van der Waals surface area contributed by atoms with Gasteiger partial charge in [0.2, 0.25) is 0 Å². The maximum absolute atomic E-state index is 13.5. The summed E-state index contributed by atoms with van der Waals surface area (Å²) >= 11 is 5.94. The summed E-state index contributed by atoms with van der Waals surface area (Å²) in [7, 11) is -2.33. The zero-order chi connectivity index (χ0) is 29.0. The maximum Gasteiger partial charge on any atom is 0.433 e. The summed E-state index contributed by atoms with van der Waals surface area (Å²) in [6.07, 6.45) is -3.25. The van der Waals surface area contributed by atoms with Crippen LogP contribution in [-0.2, 0) is 29.5 Å². The molecule has 1 aromatic carbocycles. The van der Waals surface area contributed by atoms with Gasteiger partial charge in [-0.15, -0.1) is 0 Å². The number of imidazole rings is 1. The van der Waals surface area contributed by atoms with E-state index in [1.54, 1.807) is 31.2 Å². The van der Waals surface area contributed by atoms with Crippen molar-refractivity contribution < 1.29 is 21.6 Å². The van der Waals surface area contributed by atoms with Gasteiger partial charge in [-0.2, -0.15) is 23.0 Å². The van der Waals surface area contributed by atoms with Gasteiger partial charge in [0.25, 0.3) is 0 Å². The smallest absolute Gasteiger partial charge is 0.324 e. The third kappa shape index (κ3) is 4.66. The second-order valence-corrected chi connectivity index (χ2v) is 11.4. The first kappa shape index (κ1) is 27.5. The van der Waals surface area contributed by atoms with Crippen molar-refractivity contribution in [2.45, 2.75) is 31.3 Å². The van der Waals surface area contributed by atoms with Crippen LogP contribution >= 0.6 is 11.6 Å². The normalized spacial score (nSPS) is 12.4. The number of hydrogen-bond donors (Lipinski definition) is 0. The second kappa shape index (κ2) is 9.86. The van der Waals surface area contributed by atoms with Gasteiger partial charge in [-0.25, -0.2) is 32.7 Å². The molecule has 10 nitrogen and oxygen atoms in total. The topological polar surface area (TPSA) is 118 Å². The molecule has 0 aliphatic heterocycles. The lowest BCUT2D eigenvalue weighted by Crippen LogP contribution is -2.23. The van der Waals surface area contributed by atoms with Crippen molar-refractivity contribution in [2.75, 3.05) is 5.75 Å². The van der Waals surface area contributed by atoms with E-state index >= 15 is 0 Å². The molecule has 15 heteroatoms. The Morgan fingerprint density at radius 2 is 1.70 bits per heavy atom. The van der Waals surface area contributed by atoms with Crippen molar-refractivity contribution >= 4 is 32.5 Å². The number of pyridine rings is 2. The fraction of sp³-hybridized carbons (Fsp3) is 0.240. The molecule has 0 amide bonds. The van der Waals surface area contributed by atoms with E-state index in [0.717, 1.165) is 10.7 Å². The van der Waals surface area contributed by atoms with E-state index in [1.165, 1.54) is 41.6 Å². The molecule has 0 N–H and O–H groups in total. The average Bonchev–Trinajstić information content (AvgIpc) is 3.47. The minimum absolute atomic E-state index is 0.00937. The van der Waals surface area contributed by atoms with Crippen LogP contribution in [0.25, 0.3) is 34.1 Å². The minimum Gasteiger partial charge on any atom is -0.324 e. The van der Waals surface area contributed by atoms with E-state index in [1.807, 2.05) is 0 Å². The van der Waals surface area contributed by atoms with Gasteiger partial charge in [-0.3, -0.25) is 0 Å². The van der Waals surface area contributed by atoms with E-state index in [-0.39, 0.29) is 45.6 Å². The highest BCUT2D eigenvalue weighted by Crippen LogP contribution is 2.34. The van der Waals surface area contributed by atoms with Crippen LogP contribution in [0.4, 0.5) is 13.2 Å². The number of fused-ring (bicyclic) bond motifs is 1. The molecule has 0 radical (unpaired) electrons. The molecule has 0 aliphatic rings. The Morgan fingerprint density at radius 1 is 1.00 bits per heavy atom. The highest BCUT2D eigenvalue weighted by atomic mass is 35.5. The second-order valence-electron chi connectivity index (χ2n) is 8.76. The lowest BCUT2D eigenvalue weighted by Gasteiger charge is -2.11. The van der Waals surface area contributed by atoms with Crippen molar-refractivity contribution in [3.05, 3.63) is 75.7 Å². The van der Waals surface area contributed by atoms with Crippen molar-refractivity contribution in [1.29, 1.82) is 0 Å². The van der Waals surface area contributed by atoms with Gasteiger partial charge in [0.05, 0.1) is 33.1 Å². The number of halogens is 4. The summed E-state index contributed by atoms with van der Waals surface area (Å²) < 4.78 is 70.3. The highest BCUT2D eigenvalue weighted by molar-refractivity contribution is 7.91. The maximum atomic E-state index is 13.5. The number of sulfone groups is 1. The predicted molar refractivity (Wildman–Crippen MR) is 142 cm³/mol. The predicted octanol–water partition coefficient (Wildman–Crippen LogP) is 4.40. The molecule has 0 unspecified atom stereocenters. The molecular weight excluding hydrogens is 571 g/mol. The Hall–Kier alpha value is -4.04. The van der Waals surface area contributed by atoms with Crippen LogP contribution in [0.2, 0.25) is 5.02 Å². The summed E-state index contributed by atoms with van der Waals surface area (Å²) in [5.74, 6) is -0.291. The largest absolute Gasteiger partial charge is 0.433 e. The third-order valence-corrected chi connectivity index (χ3v) is 8.32.